The molecule has 0 aliphatic carbocycles. The van der Waals surface area contributed by atoms with E-state index in [1.54, 1.807) is 20.8 Å². The summed E-state index contributed by atoms with van der Waals surface area (Å²) < 4.78 is 13.4. The summed E-state index contributed by atoms with van der Waals surface area (Å²) >= 11 is 11.6. The molecule has 1 aromatic rings. The Morgan fingerprint density at radius 1 is 1.39 bits per heavy atom. The van der Waals surface area contributed by atoms with Gasteiger partial charge in [-0.25, -0.2) is 4.39 Å². The lowest BCUT2D eigenvalue weighted by molar-refractivity contribution is -0.125. The van der Waals surface area contributed by atoms with Crippen LogP contribution in [-0.4, -0.2) is 11.4 Å². The fourth-order valence-electron chi connectivity index (χ4n) is 1.33. The molecular formula is C12H15Cl2FN2O. The van der Waals surface area contributed by atoms with Crippen LogP contribution in [0.5, 0.6) is 0 Å². The summed E-state index contributed by atoms with van der Waals surface area (Å²) in [5, 5.41) is 2.91. The van der Waals surface area contributed by atoms with Crippen LogP contribution >= 0.6 is 23.2 Å². The van der Waals surface area contributed by atoms with Crippen LogP contribution < -0.4 is 11.1 Å². The smallest absolute Gasteiger partial charge is 0.239 e. The van der Waals surface area contributed by atoms with E-state index in [9.17, 15) is 9.18 Å². The van der Waals surface area contributed by atoms with Gasteiger partial charge < -0.3 is 11.1 Å². The molecule has 1 aromatic carbocycles. The highest BCUT2D eigenvalue weighted by Crippen LogP contribution is 2.28. The van der Waals surface area contributed by atoms with Crippen LogP contribution in [-0.2, 0) is 4.79 Å². The van der Waals surface area contributed by atoms with E-state index in [4.69, 9.17) is 28.9 Å². The number of rotatable bonds is 3. The van der Waals surface area contributed by atoms with Gasteiger partial charge in [0.1, 0.15) is 5.82 Å². The third-order valence-corrected chi connectivity index (χ3v) is 3.06. The molecule has 3 N–H and O–H groups in total. The van der Waals surface area contributed by atoms with Crippen LogP contribution in [0.25, 0.3) is 0 Å². The molecule has 100 valence electrons. The second-order valence-corrected chi connectivity index (χ2v) is 5.52. The second-order valence-electron chi connectivity index (χ2n) is 4.70. The van der Waals surface area contributed by atoms with E-state index in [-0.39, 0.29) is 10.9 Å². The van der Waals surface area contributed by atoms with Crippen molar-refractivity contribution in [2.45, 2.75) is 32.4 Å². The number of hydrogen-bond donors (Lipinski definition) is 2. The van der Waals surface area contributed by atoms with Crippen molar-refractivity contribution >= 4 is 29.1 Å². The topological polar surface area (TPSA) is 55.1 Å². The van der Waals surface area contributed by atoms with E-state index in [0.29, 0.717) is 10.6 Å². The molecule has 0 spiro atoms. The lowest BCUT2D eigenvalue weighted by Crippen LogP contribution is -2.49. The Morgan fingerprint density at radius 3 is 2.44 bits per heavy atom. The molecule has 0 bridgehead atoms. The van der Waals surface area contributed by atoms with Gasteiger partial charge >= 0.3 is 0 Å². The summed E-state index contributed by atoms with van der Waals surface area (Å²) in [5.74, 6) is -0.925. The molecule has 0 saturated carbocycles. The van der Waals surface area contributed by atoms with E-state index in [0.717, 1.165) is 0 Å². The minimum Gasteiger partial charge on any atom is -0.348 e. The molecule has 18 heavy (non-hydrogen) atoms. The number of carbonyl (C=O) groups excluding carboxylic acids is 1. The number of hydrogen-bond acceptors (Lipinski definition) is 2. The monoisotopic (exact) mass is 292 g/mol. The Bertz CT molecular complexity index is 472. The molecule has 1 atom stereocenters. The zero-order valence-electron chi connectivity index (χ0n) is 10.4. The van der Waals surface area contributed by atoms with E-state index >= 15 is 0 Å². The Kier molecular flexibility index (Phi) is 4.59. The maximum absolute atomic E-state index is 13.4. The SMILES string of the molecule is CC(NC(=O)C(C)(C)N)c1cc(F)c(Cl)cc1Cl. The molecule has 3 nitrogen and oxygen atoms in total. The summed E-state index contributed by atoms with van der Waals surface area (Å²) in [7, 11) is 0. The molecule has 0 saturated heterocycles. The van der Waals surface area contributed by atoms with Gasteiger partial charge in [0, 0.05) is 5.02 Å². The second kappa shape index (κ2) is 5.43. The van der Waals surface area contributed by atoms with E-state index in [1.165, 1.54) is 12.1 Å². The first kappa shape index (κ1) is 15.2. The molecule has 0 aromatic heterocycles. The van der Waals surface area contributed by atoms with Gasteiger partial charge in [0.05, 0.1) is 16.6 Å². The van der Waals surface area contributed by atoms with E-state index in [2.05, 4.69) is 5.32 Å². The Balaban J connectivity index is 2.95. The summed E-state index contributed by atoms with van der Waals surface area (Å²) in [6.07, 6.45) is 0. The quantitative estimate of drug-likeness (QED) is 0.842. The Morgan fingerprint density at radius 2 is 1.94 bits per heavy atom. The maximum atomic E-state index is 13.4. The van der Waals surface area contributed by atoms with E-state index < -0.39 is 17.4 Å². The summed E-state index contributed by atoms with van der Waals surface area (Å²) in [4.78, 5) is 11.7. The standard InChI is InChI=1S/C12H15Cl2FN2O/c1-6(17-11(18)12(2,3)16)7-4-10(15)9(14)5-8(7)13/h4-6H,16H2,1-3H3,(H,17,18). The van der Waals surface area contributed by atoms with Crippen molar-refractivity contribution in [1.29, 1.82) is 0 Å². The number of carbonyl (C=O) groups is 1. The van der Waals surface area contributed by atoms with Gasteiger partial charge in [-0.3, -0.25) is 4.79 Å². The van der Waals surface area contributed by atoms with Crippen LogP contribution in [0.15, 0.2) is 12.1 Å². The molecule has 1 rings (SSSR count). The van der Waals surface area contributed by atoms with Gasteiger partial charge in [-0.1, -0.05) is 23.2 Å². The van der Waals surface area contributed by atoms with Gasteiger partial charge in [0.2, 0.25) is 5.91 Å². The molecule has 0 aliphatic rings. The number of nitrogens with two attached hydrogens (primary N) is 1. The lowest BCUT2D eigenvalue weighted by atomic mass is 10.0. The fraction of sp³-hybridized carbons (Fsp3) is 0.417. The molecular weight excluding hydrogens is 278 g/mol. The number of nitrogens with one attached hydrogen (secondary N) is 1. The highest BCUT2D eigenvalue weighted by atomic mass is 35.5. The van der Waals surface area contributed by atoms with E-state index in [1.807, 2.05) is 0 Å². The highest BCUT2D eigenvalue weighted by Gasteiger charge is 2.24. The van der Waals surface area contributed by atoms with Crippen molar-refractivity contribution in [3.63, 3.8) is 0 Å². The van der Waals surface area contributed by atoms with Gasteiger partial charge in [0.25, 0.3) is 0 Å². The van der Waals surface area contributed by atoms with Gasteiger partial charge in [-0.15, -0.1) is 0 Å². The van der Waals surface area contributed by atoms with Crippen LogP contribution in [0.4, 0.5) is 4.39 Å². The van der Waals surface area contributed by atoms with Crippen LogP contribution in [0.3, 0.4) is 0 Å². The average Bonchev–Trinajstić information content (AvgIpc) is 2.21. The zero-order valence-corrected chi connectivity index (χ0v) is 11.9. The summed E-state index contributed by atoms with van der Waals surface area (Å²) in [5.41, 5.74) is 5.10. The lowest BCUT2D eigenvalue weighted by Gasteiger charge is -2.22. The summed E-state index contributed by atoms with van der Waals surface area (Å²) in [6, 6.07) is 2.06. The third-order valence-electron chi connectivity index (χ3n) is 2.44. The molecule has 6 heteroatoms. The third kappa shape index (κ3) is 3.57. The molecule has 1 unspecified atom stereocenters. The van der Waals surface area contributed by atoms with Gasteiger partial charge in [-0.2, -0.15) is 0 Å². The van der Waals surface area contributed by atoms with Gasteiger partial charge in [0.15, 0.2) is 0 Å². The van der Waals surface area contributed by atoms with Crippen LogP contribution in [0, 0.1) is 5.82 Å². The number of halogens is 3. The van der Waals surface area contributed by atoms with Crippen molar-refractivity contribution in [2.75, 3.05) is 0 Å². The number of amides is 1. The minimum atomic E-state index is -1.01. The van der Waals surface area contributed by atoms with Crippen molar-refractivity contribution in [2.24, 2.45) is 5.73 Å². The van der Waals surface area contributed by atoms with Crippen LogP contribution in [0.1, 0.15) is 32.4 Å². The molecule has 1 amide bonds. The minimum absolute atomic E-state index is 0.0542. The number of benzene rings is 1. The zero-order chi connectivity index (χ0) is 14.1. The van der Waals surface area contributed by atoms with Crippen molar-refractivity contribution < 1.29 is 9.18 Å². The predicted octanol–water partition coefficient (Wildman–Crippen LogP) is 3.05. The van der Waals surface area contributed by atoms with Crippen molar-refractivity contribution in [3.05, 3.63) is 33.6 Å². The summed E-state index contributed by atoms with van der Waals surface area (Å²) in [6.45, 7) is 4.86. The Hall–Kier alpha value is -0.840. The fourth-order valence-corrected chi connectivity index (χ4v) is 1.88. The van der Waals surface area contributed by atoms with Crippen LogP contribution in [0.2, 0.25) is 10.0 Å². The first-order valence-electron chi connectivity index (χ1n) is 5.37. The van der Waals surface area contributed by atoms with Gasteiger partial charge in [-0.05, 0) is 38.5 Å². The first-order valence-corrected chi connectivity index (χ1v) is 6.13. The van der Waals surface area contributed by atoms with Crippen molar-refractivity contribution in [3.8, 4) is 0 Å². The molecule has 0 aliphatic heterocycles. The first-order chi connectivity index (χ1) is 8.12. The molecule has 0 heterocycles. The van der Waals surface area contributed by atoms with Crippen molar-refractivity contribution in [1.82, 2.24) is 5.32 Å². The molecule has 0 radical (unpaired) electrons. The Labute approximate surface area is 115 Å². The predicted molar refractivity (Wildman–Crippen MR) is 71.2 cm³/mol. The average molecular weight is 293 g/mol. The highest BCUT2D eigenvalue weighted by molar-refractivity contribution is 6.35. The maximum Gasteiger partial charge on any atom is 0.239 e. The largest absolute Gasteiger partial charge is 0.348 e. The normalized spacial score (nSPS) is 13.3. The molecule has 0 fully saturated rings.